The van der Waals surface area contributed by atoms with Crippen LogP contribution in [0.2, 0.25) is 0 Å². The van der Waals surface area contributed by atoms with Crippen molar-refractivity contribution in [2.24, 2.45) is 5.11 Å². The zero-order chi connectivity index (χ0) is 12.3. The lowest BCUT2D eigenvalue weighted by Crippen LogP contribution is -2.11. The maximum absolute atomic E-state index is 13.7. The Kier molecular flexibility index (Phi) is 3.44. The molecular formula is C10H10F3N3. The van der Waals surface area contributed by atoms with Gasteiger partial charge in [0.25, 0.3) is 5.92 Å². The molecule has 0 spiro atoms. The summed E-state index contributed by atoms with van der Waals surface area (Å²) < 4.78 is 39.7. The van der Waals surface area contributed by atoms with E-state index < -0.39 is 23.3 Å². The minimum atomic E-state index is -3.25. The molecule has 3 nitrogen and oxygen atoms in total. The van der Waals surface area contributed by atoms with E-state index in [0.29, 0.717) is 6.92 Å². The Labute approximate surface area is 90.5 Å². The molecule has 0 radical (unpaired) electrons. The van der Waals surface area contributed by atoms with Gasteiger partial charge in [-0.2, -0.15) is 0 Å². The molecule has 1 unspecified atom stereocenters. The predicted molar refractivity (Wildman–Crippen MR) is 53.5 cm³/mol. The van der Waals surface area contributed by atoms with Crippen molar-refractivity contribution in [2.45, 2.75) is 25.8 Å². The SMILES string of the molecule is CC(N=[N+]=[N-])c1cccc(C(C)(F)F)c1F. The van der Waals surface area contributed by atoms with Gasteiger partial charge in [0.1, 0.15) is 5.82 Å². The van der Waals surface area contributed by atoms with Crippen LogP contribution in [0.1, 0.15) is 31.0 Å². The first-order valence-electron chi connectivity index (χ1n) is 4.59. The fourth-order valence-electron chi connectivity index (χ4n) is 1.35. The van der Waals surface area contributed by atoms with Crippen molar-refractivity contribution in [2.75, 3.05) is 0 Å². The van der Waals surface area contributed by atoms with Crippen LogP contribution in [0.5, 0.6) is 0 Å². The van der Waals surface area contributed by atoms with Crippen LogP contribution in [0.4, 0.5) is 13.2 Å². The minimum absolute atomic E-state index is 0.0307. The molecule has 0 aliphatic carbocycles. The minimum Gasteiger partial charge on any atom is -0.206 e. The second-order valence-electron chi connectivity index (χ2n) is 3.48. The van der Waals surface area contributed by atoms with E-state index in [1.165, 1.54) is 19.1 Å². The monoisotopic (exact) mass is 229 g/mol. The van der Waals surface area contributed by atoms with Crippen molar-refractivity contribution in [3.63, 3.8) is 0 Å². The summed E-state index contributed by atoms with van der Waals surface area (Å²) in [4.78, 5) is 2.52. The lowest BCUT2D eigenvalue weighted by molar-refractivity contribution is 0.0135. The Balaban J connectivity index is 3.29. The zero-order valence-corrected chi connectivity index (χ0v) is 8.78. The van der Waals surface area contributed by atoms with E-state index >= 15 is 0 Å². The van der Waals surface area contributed by atoms with Gasteiger partial charge in [0.15, 0.2) is 0 Å². The predicted octanol–water partition coefficient (Wildman–Crippen LogP) is 4.31. The molecule has 0 saturated heterocycles. The lowest BCUT2D eigenvalue weighted by Gasteiger charge is -2.15. The molecule has 86 valence electrons. The third-order valence-corrected chi connectivity index (χ3v) is 2.18. The van der Waals surface area contributed by atoms with E-state index in [0.717, 1.165) is 6.07 Å². The molecule has 0 N–H and O–H groups in total. The van der Waals surface area contributed by atoms with Crippen LogP contribution < -0.4 is 0 Å². The molecule has 0 saturated carbocycles. The highest BCUT2D eigenvalue weighted by atomic mass is 19.3. The van der Waals surface area contributed by atoms with Gasteiger partial charge in [-0.25, -0.2) is 13.2 Å². The third-order valence-electron chi connectivity index (χ3n) is 2.18. The number of alkyl halides is 2. The molecule has 0 heterocycles. The number of halogens is 3. The molecule has 16 heavy (non-hydrogen) atoms. The lowest BCUT2D eigenvalue weighted by atomic mass is 10.0. The maximum Gasteiger partial charge on any atom is 0.273 e. The van der Waals surface area contributed by atoms with Crippen LogP contribution in [-0.4, -0.2) is 0 Å². The molecule has 0 aliphatic rings. The van der Waals surface area contributed by atoms with Crippen molar-refractivity contribution in [3.8, 4) is 0 Å². The van der Waals surface area contributed by atoms with Crippen LogP contribution in [0.15, 0.2) is 23.3 Å². The average Bonchev–Trinajstić information content (AvgIpc) is 2.16. The molecule has 1 rings (SSSR count). The summed E-state index contributed by atoms with van der Waals surface area (Å²) in [5.74, 6) is -4.27. The molecule has 0 bridgehead atoms. The number of hydrogen-bond acceptors (Lipinski definition) is 1. The van der Waals surface area contributed by atoms with Gasteiger partial charge in [0.05, 0.1) is 11.6 Å². The number of rotatable bonds is 3. The highest BCUT2D eigenvalue weighted by molar-refractivity contribution is 5.30. The molecule has 1 aromatic carbocycles. The van der Waals surface area contributed by atoms with Gasteiger partial charge < -0.3 is 0 Å². The van der Waals surface area contributed by atoms with Crippen molar-refractivity contribution in [3.05, 3.63) is 45.6 Å². The summed E-state index contributed by atoms with van der Waals surface area (Å²) in [7, 11) is 0. The van der Waals surface area contributed by atoms with Gasteiger partial charge in [-0.05, 0) is 11.1 Å². The van der Waals surface area contributed by atoms with Crippen LogP contribution >= 0.6 is 0 Å². The largest absolute Gasteiger partial charge is 0.273 e. The normalized spacial score (nSPS) is 13.1. The molecule has 1 aromatic rings. The third kappa shape index (κ3) is 2.46. The van der Waals surface area contributed by atoms with Crippen LogP contribution in [0.3, 0.4) is 0 Å². The van der Waals surface area contributed by atoms with Crippen molar-refractivity contribution >= 4 is 0 Å². The van der Waals surface area contributed by atoms with Gasteiger partial charge in [-0.3, -0.25) is 0 Å². The maximum atomic E-state index is 13.7. The summed E-state index contributed by atoms with van der Waals surface area (Å²) in [6, 6.07) is 2.84. The van der Waals surface area contributed by atoms with Crippen molar-refractivity contribution < 1.29 is 13.2 Å². The number of hydrogen-bond donors (Lipinski definition) is 0. The standard InChI is InChI=1S/C10H10F3N3/c1-6(15-16-14)7-4-3-5-8(9(7)11)10(2,12)13/h3-6H,1-2H3. The highest BCUT2D eigenvalue weighted by Crippen LogP contribution is 2.32. The molecule has 0 aromatic heterocycles. The van der Waals surface area contributed by atoms with E-state index in [4.69, 9.17) is 5.53 Å². The summed E-state index contributed by atoms with van der Waals surface area (Å²) in [5, 5.41) is 3.27. The van der Waals surface area contributed by atoms with E-state index in [9.17, 15) is 13.2 Å². The molecular weight excluding hydrogens is 219 g/mol. The molecule has 0 aliphatic heterocycles. The van der Waals surface area contributed by atoms with Crippen LogP contribution in [0.25, 0.3) is 10.4 Å². The Morgan fingerprint density at radius 3 is 2.56 bits per heavy atom. The fraction of sp³-hybridized carbons (Fsp3) is 0.400. The average molecular weight is 229 g/mol. The summed E-state index contributed by atoms with van der Waals surface area (Å²) in [6.07, 6.45) is 0. The van der Waals surface area contributed by atoms with E-state index in [-0.39, 0.29) is 5.56 Å². The molecule has 0 fully saturated rings. The summed E-state index contributed by atoms with van der Waals surface area (Å²) >= 11 is 0. The first-order valence-corrected chi connectivity index (χ1v) is 4.59. The van der Waals surface area contributed by atoms with Crippen LogP contribution in [0, 0.1) is 5.82 Å². The van der Waals surface area contributed by atoms with E-state index in [2.05, 4.69) is 10.0 Å². The Morgan fingerprint density at radius 2 is 2.06 bits per heavy atom. The summed E-state index contributed by atoms with van der Waals surface area (Å²) in [5.41, 5.74) is 7.49. The first-order chi connectivity index (χ1) is 7.38. The fourth-order valence-corrected chi connectivity index (χ4v) is 1.35. The number of azide groups is 1. The molecule has 1 atom stereocenters. The van der Waals surface area contributed by atoms with Gasteiger partial charge in [0.2, 0.25) is 0 Å². The van der Waals surface area contributed by atoms with Crippen molar-refractivity contribution in [1.29, 1.82) is 0 Å². The Bertz CT molecular complexity index is 433. The smallest absolute Gasteiger partial charge is 0.206 e. The Hall–Kier alpha value is -1.68. The van der Waals surface area contributed by atoms with E-state index in [1.54, 1.807) is 0 Å². The Morgan fingerprint density at radius 1 is 1.44 bits per heavy atom. The molecule has 0 amide bonds. The topological polar surface area (TPSA) is 48.8 Å². The second-order valence-corrected chi connectivity index (χ2v) is 3.48. The van der Waals surface area contributed by atoms with Gasteiger partial charge >= 0.3 is 0 Å². The van der Waals surface area contributed by atoms with Crippen LogP contribution in [-0.2, 0) is 5.92 Å². The number of nitrogens with zero attached hydrogens (tertiary/aromatic N) is 3. The molecule has 6 heteroatoms. The van der Waals surface area contributed by atoms with E-state index in [1.807, 2.05) is 0 Å². The first kappa shape index (κ1) is 12.4. The van der Waals surface area contributed by atoms with Gasteiger partial charge in [0, 0.05) is 11.8 Å². The van der Waals surface area contributed by atoms with Gasteiger partial charge in [-0.15, -0.1) is 0 Å². The summed E-state index contributed by atoms with van der Waals surface area (Å²) in [6.45, 7) is 2.06. The zero-order valence-electron chi connectivity index (χ0n) is 8.78. The van der Waals surface area contributed by atoms with Gasteiger partial charge in [-0.1, -0.05) is 30.2 Å². The number of benzene rings is 1. The second kappa shape index (κ2) is 4.45. The highest BCUT2D eigenvalue weighted by Gasteiger charge is 2.29. The van der Waals surface area contributed by atoms with Crippen molar-refractivity contribution in [1.82, 2.24) is 0 Å². The quantitative estimate of drug-likeness (QED) is 0.421.